The molecule has 0 unspecified atom stereocenters. The second-order valence-corrected chi connectivity index (χ2v) is 0. The van der Waals surface area contributed by atoms with E-state index in [0.717, 1.165) is 0 Å². The first-order valence-electron chi connectivity index (χ1n) is 0.224. The SMILES string of the molecule is O.O.O.O.O.O.O.O.O.O.[C-]#N.[Fe].[H-].[K+]. The zero-order valence-electron chi connectivity index (χ0n) is 8.30. The van der Waals surface area contributed by atoms with Gasteiger partial charge in [0.15, 0.2) is 0 Å². The normalized spacial score (nSPS) is 0.143. The van der Waals surface area contributed by atoms with Crippen molar-refractivity contribution in [2.75, 3.05) is 0 Å². The van der Waals surface area contributed by atoms with Crippen LogP contribution in [-0.2, 0) is 17.1 Å². The van der Waals surface area contributed by atoms with Crippen molar-refractivity contribution >= 4 is 0 Å². The average Bonchev–Trinajstić information content (AvgIpc) is 1.00. The van der Waals surface area contributed by atoms with Crippen molar-refractivity contribution in [2.45, 2.75) is 0 Å². The minimum atomic E-state index is 0. The van der Waals surface area contributed by atoms with E-state index >= 15 is 0 Å². The molecule has 0 aromatic carbocycles. The summed E-state index contributed by atoms with van der Waals surface area (Å²) in [4.78, 5) is 0. The summed E-state index contributed by atoms with van der Waals surface area (Å²) in [6, 6.07) is 0. The quantitative estimate of drug-likeness (QED) is 0.305. The van der Waals surface area contributed by atoms with Crippen LogP contribution in [0.3, 0.4) is 0 Å². The van der Waals surface area contributed by atoms with Crippen LogP contribution in [0.15, 0.2) is 0 Å². The first-order valence-corrected chi connectivity index (χ1v) is 0.224. The molecule has 0 heterocycles. The first-order chi connectivity index (χ1) is 1.00. The van der Waals surface area contributed by atoms with Crippen molar-refractivity contribution in [1.29, 1.82) is 5.26 Å². The Morgan fingerprint density at radius 2 is 0.500 bits per heavy atom. The van der Waals surface area contributed by atoms with E-state index in [4.69, 9.17) is 11.8 Å². The van der Waals surface area contributed by atoms with Crippen LogP contribution < -0.4 is 51.4 Å². The molecule has 0 radical (unpaired) electrons. The summed E-state index contributed by atoms with van der Waals surface area (Å²) in [5.41, 5.74) is 0. The molecule has 0 spiro atoms. The van der Waals surface area contributed by atoms with Gasteiger partial charge in [0.05, 0.1) is 0 Å². The van der Waals surface area contributed by atoms with Gasteiger partial charge in [-0.05, 0) is 0 Å². The second-order valence-electron chi connectivity index (χ2n) is 0. The van der Waals surface area contributed by atoms with E-state index in [0.29, 0.717) is 0 Å². The fraction of sp³-hybridized carbons (Fsp3) is 0. The van der Waals surface area contributed by atoms with E-state index in [1.54, 1.807) is 0 Å². The van der Waals surface area contributed by atoms with Gasteiger partial charge in [-0.2, -0.15) is 0 Å². The minimum absolute atomic E-state index is 0. The third kappa shape index (κ3) is 1280. The molecule has 0 rings (SSSR count). The molecule has 11 nitrogen and oxygen atoms in total. The Labute approximate surface area is 135 Å². The zero-order chi connectivity index (χ0) is 2.00. The molecule has 0 aromatic heterocycles. The molecule has 100 valence electrons. The van der Waals surface area contributed by atoms with Gasteiger partial charge in [0.25, 0.3) is 0 Å². The van der Waals surface area contributed by atoms with Gasteiger partial charge in [-0.3, -0.25) is 0 Å². The summed E-state index contributed by atoms with van der Waals surface area (Å²) in [5, 5.41) is 6.25. The van der Waals surface area contributed by atoms with Gasteiger partial charge in [-0.1, -0.05) is 0 Å². The van der Waals surface area contributed by atoms with Crippen molar-refractivity contribution in [3.8, 4) is 0 Å². The van der Waals surface area contributed by atoms with E-state index in [2.05, 4.69) is 0 Å². The Balaban J connectivity index is -0.0000000000641. The number of hydrogen-bond acceptors (Lipinski definition) is 1. The summed E-state index contributed by atoms with van der Waals surface area (Å²) in [7, 11) is 0. The fourth-order valence-electron chi connectivity index (χ4n) is 0. The molecule has 0 aromatic rings. The monoisotopic (exact) mass is 302 g/mol. The number of rotatable bonds is 0. The smallest absolute Gasteiger partial charge is 1.00 e. The van der Waals surface area contributed by atoms with Crippen molar-refractivity contribution in [3.05, 3.63) is 6.57 Å². The average molecular weight is 302 g/mol. The maximum atomic E-state index is 6.25. The molecule has 0 fully saturated rings. The molecular weight excluding hydrogens is 281 g/mol. The van der Waals surface area contributed by atoms with Crippen LogP contribution in [0.25, 0.3) is 0 Å². The molecule has 0 bridgehead atoms. The van der Waals surface area contributed by atoms with E-state index in [9.17, 15) is 0 Å². The standard InChI is InChI=1S/CN.Fe.K.10H2O.H/c1-2;;;;;;;;;;;;;/h;;;10*1H2;/q-1;;+1;;;;;;;;;;;-1. The van der Waals surface area contributed by atoms with Crippen LogP contribution in [0, 0.1) is 11.8 Å². The predicted octanol–water partition coefficient (Wildman–Crippen LogP) is -11.0. The van der Waals surface area contributed by atoms with Gasteiger partial charge in [0.1, 0.15) is 0 Å². The summed E-state index contributed by atoms with van der Waals surface area (Å²) in [6.07, 6.45) is 0. The summed E-state index contributed by atoms with van der Waals surface area (Å²) in [5.74, 6) is 0. The number of nitrogens with zero attached hydrogens (tertiary/aromatic N) is 1. The predicted molar refractivity (Wildman–Crippen MR) is 42.2 cm³/mol. The largest absolute Gasteiger partial charge is 1.00 e. The molecule has 14 heavy (non-hydrogen) atoms. The fourth-order valence-corrected chi connectivity index (χ4v) is 0. The number of hydrogen-bond donors (Lipinski definition) is 0. The minimum Gasteiger partial charge on any atom is -1.00 e. The van der Waals surface area contributed by atoms with Crippen molar-refractivity contribution in [2.24, 2.45) is 0 Å². The molecule has 0 aliphatic carbocycles. The van der Waals surface area contributed by atoms with Gasteiger partial charge in [0, 0.05) is 17.1 Å². The van der Waals surface area contributed by atoms with E-state index in [1.165, 1.54) is 0 Å². The third-order valence-corrected chi connectivity index (χ3v) is 0. The Hall–Kier alpha value is 1.25. The zero-order valence-corrected chi connectivity index (χ0v) is 11.5. The maximum absolute atomic E-state index is 6.25. The summed E-state index contributed by atoms with van der Waals surface area (Å²) < 4.78 is 0. The van der Waals surface area contributed by atoms with E-state index in [-0.39, 0.29) is 125 Å². The van der Waals surface area contributed by atoms with Gasteiger partial charge < -0.3 is 68.0 Å². The van der Waals surface area contributed by atoms with Gasteiger partial charge in [-0.15, -0.1) is 0 Å². The van der Waals surface area contributed by atoms with Crippen LogP contribution in [0.2, 0.25) is 0 Å². The molecular formula is CH21FeKNO10-. The van der Waals surface area contributed by atoms with E-state index in [1.807, 2.05) is 0 Å². The van der Waals surface area contributed by atoms with E-state index < -0.39 is 0 Å². The topological polar surface area (TPSA) is 339 Å². The van der Waals surface area contributed by atoms with Crippen LogP contribution in [0.4, 0.5) is 0 Å². The van der Waals surface area contributed by atoms with Gasteiger partial charge in [0.2, 0.25) is 0 Å². The van der Waals surface area contributed by atoms with Crippen LogP contribution >= 0.6 is 0 Å². The summed E-state index contributed by atoms with van der Waals surface area (Å²) in [6.45, 7) is 4.75. The van der Waals surface area contributed by atoms with Gasteiger partial charge >= 0.3 is 51.4 Å². The molecule has 20 N–H and O–H groups in total. The second kappa shape index (κ2) is 1610. The Bertz CT molecular complexity index is 30.1. The Morgan fingerprint density at radius 3 is 0.500 bits per heavy atom. The van der Waals surface area contributed by atoms with Gasteiger partial charge in [-0.25, -0.2) is 0 Å². The Kier molecular flexibility index (Phi) is 70600. The molecule has 0 saturated heterocycles. The van der Waals surface area contributed by atoms with Crippen LogP contribution in [0.5, 0.6) is 0 Å². The van der Waals surface area contributed by atoms with Crippen molar-refractivity contribution < 1.29 is 125 Å². The molecule has 13 heteroatoms. The molecule has 0 saturated carbocycles. The molecule has 0 aliphatic rings. The third-order valence-electron chi connectivity index (χ3n) is 0. The van der Waals surface area contributed by atoms with Crippen molar-refractivity contribution in [1.82, 2.24) is 0 Å². The Morgan fingerprint density at radius 1 is 0.500 bits per heavy atom. The molecule has 0 amide bonds. The first kappa shape index (κ1) is 613. The summed E-state index contributed by atoms with van der Waals surface area (Å²) >= 11 is 0. The van der Waals surface area contributed by atoms with Crippen LogP contribution in [-0.4, -0.2) is 54.8 Å². The van der Waals surface area contributed by atoms with Crippen LogP contribution in [0.1, 0.15) is 1.43 Å². The van der Waals surface area contributed by atoms with Crippen molar-refractivity contribution in [3.63, 3.8) is 0 Å². The molecule has 0 atom stereocenters. The maximum Gasteiger partial charge on any atom is 1.00 e. The molecule has 0 aliphatic heterocycles.